The number of hydrogen-bond donors (Lipinski definition) is 0. The Balaban J connectivity index is 4.28. The monoisotopic (exact) mass is 1000 g/mol. The van der Waals surface area contributed by atoms with Gasteiger partial charge in [-0.05, 0) is 44.9 Å². The van der Waals surface area contributed by atoms with Gasteiger partial charge in [0, 0.05) is 19.3 Å². The topological polar surface area (TPSA) is 78.9 Å². The standard InChI is InChI=1S/C65H124O6/c1-4-7-10-13-16-19-22-25-28-30-31-32-33-35-37-40-43-46-49-52-55-58-64(67)70-61-62(60-69-63(66)57-54-51-48-45-42-39-36-27-24-21-18-15-12-9-6-3)71-65(68)59-56-53-50-47-44-41-38-34-29-26-23-20-17-14-11-8-5-2/h27,36,62H,4-26,28-35,37-61H2,1-3H3/b36-27-/t62-/m1/s1. The van der Waals surface area contributed by atoms with E-state index in [1.165, 1.54) is 263 Å². The van der Waals surface area contributed by atoms with Crippen LogP contribution in [-0.4, -0.2) is 37.2 Å². The lowest BCUT2D eigenvalue weighted by molar-refractivity contribution is -0.167. The highest BCUT2D eigenvalue weighted by Gasteiger charge is 2.19. The predicted molar refractivity (Wildman–Crippen MR) is 307 cm³/mol. The van der Waals surface area contributed by atoms with Crippen LogP contribution in [0, 0.1) is 0 Å². The molecule has 0 saturated heterocycles. The molecule has 0 N–H and O–H groups in total. The van der Waals surface area contributed by atoms with Gasteiger partial charge in [0.1, 0.15) is 13.2 Å². The average molecular weight is 1000 g/mol. The molecule has 0 spiro atoms. The summed E-state index contributed by atoms with van der Waals surface area (Å²) in [6, 6.07) is 0. The van der Waals surface area contributed by atoms with Crippen LogP contribution in [0.1, 0.15) is 367 Å². The van der Waals surface area contributed by atoms with Crippen molar-refractivity contribution in [1.29, 1.82) is 0 Å². The predicted octanol–water partition coefficient (Wildman–Crippen LogP) is 21.7. The molecule has 0 saturated carbocycles. The maximum absolute atomic E-state index is 12.9. The Morgan fingerprint density at radius 2 is 0.465 bits per heavy atom. The number of unbranched alkanes of at least 4 members (excludes halogenated alkanes) is 47. The maximum Gasteiger partial charge on any atom is 0.306 e. The van der Waals surface area contributed by atoms with Crippen LogP contribution >= 0.6 is 0 Å². The Morgan fingerprint density at radius 1 is 0.268 bits per heavy atom. The first-order valence-corrected chi connectivity index (χ1v) is 32.2. The lowest BCUT2D eigenvalue weighted by Crippen LogP contribution is -2.30. The number of carbonyl (C=O) groups excluding carboxylic acids is 3. The van der Waals surface area contributed by atoms with Crippen molar-refractivity contribution in [2.75, 3.05) is 13.2 Å². The van der Waals surface area contributed by atoms with Gasteiger partial charge >= 0.3 is 17.9 Å². The lowest BCUT2D eigenvalue weighted by Gasteiger charge is -2.18. The van der Waals surface area contributed by atoms with Crippen molar-refractivity contribution in [2.45, 2.75) is 374 Å². The van der Waals surface area contributed by atoms with Crippen LogP contribution in [-0.2, 0) is 28.6 Å². The molecule has 0 radical (unpaired) electrons. The largest absolute Gasteiger partial charge is 0.462 e. The van der Waals surface area contributed by atoms with E-state index in [2.05, 4.69) is 32.9 Å². The zero-order valence-electron chi connectivity index (χ0n) is 48.3. The minimum absolute atomic E-state index is 0.0659. The van der Waals surface area contributed by atoms with Crippen molar-refractivity contribution in [3.8, 4) is 0 Å². The van der Waals surface area contributed by atoms with Crippen molar-refractivity contribution in [3.05, 3.63) is 12.2 Å². The maximum atomic E-state index is 12.9. The van der Waals surface area contributed by atoms with E-state index < -0.39 is 6.10 Å². The van der Waals surface area contributed by atoms with Gasteiger partial charge in [0.15, 0.2) is 6.10 Å². The van der Waals surface area contributed by atoms with Gasteiger partial charge in [0.2, 0.25) is 0 Å². The summed E-state index contributed by atoms with van der Waals surface area (Å²) in [4.78, 5) is 38.3. The minimum Gasteiger partial charge on any atom is -0.462 e. The van der Waals surface area contributed by atoms with Crippen LogP contribution in [0.3, 0.4) is 0 Å². The molecule has 0 aromatic rings. The summed E-state index contributed by atoms with van der Waals surface area (Å²) in [5.41, 5.74) is 0. The van der Waals surface area contributed by atoms with E-state index in [1.807, 2.05) is 0 Å². The summed E-state index contributed by atoms with van der Waals surface area (Å²) >= 11 is 0. The molecule has 0 aliphatic rings. The molecule has 0 amide bonds. The fourth-order valence-electron chi connectivity index (χ4n) is 9.91. The van der Waals surface area contributed by atoms with E-state index in [0.29, 0.717) is 19.3 Å². The minimum atomic E-state index is -0.768. The summed E-state index contributed by atoms with van der Waals surface area (Å²) in [6.07, 6.45) is 70.7. The van der Waals surface area contributed by atoms with Crippen LogP contribution in [0.5, 0.6) is 0 Å². The highest BCUT2D eigenvalue weighted by Crippen LogP contribution is 2.18. The van der Waals surface area contributed by atoms with E-state index in [1.54, 1.807) is 0 Å². The number of allylic oxidation sites excluding steroid dienone is 2. The van der Waals surface area contributed by atoms with Gasteiger partial charge in [-0.3, -0.25) is 14.4 Å². The van der Waals surface area contributed by atoms with E-state index in [-0.39, 0.29) is 31.1 Å². The van der Waals surface area contributed by atoms with Gasteiger partial charge in [0.25, 0.3) is 0 Å². The molecule has 6 nitrogen and oxygen atoms in total. The molecular formula is C65H124O6. The van der Waals surface area contributed by atoms with Crippen molar-refractivity contribution in [1.82, 2.24) is 0 Å². The Hall–Kier alpha value is -1.85. The second kappa shape index (κ2) is 60.7. The summed E-state index contributed by atoms with van der Waals surface area (Å²) in [5, 5.41) is 0. The first-order valence-electron chi connectivity index (χ1n) is 32.2. The summed E-state index contributed by atoms with van der Waals surface area (Å²) in [7, 11) is 0. The molecule has 0 aromatic heterocycles. The zero-order chi connectivity index (χ0) is 51.4. The summed E-state index contributed by atoms with van der Waals surface area (Å²) in [6.45, 7) is 6.71. The normalized spacial score (nSPS) is 12.0. The van der Waals surface area contributed by atoms with Crippen molar-refractivity contribution in [3.63, 3.8) is 0 Å². The highest BCUT2D eigenvalue weighted by molar-refractivity contribution is 5.71. The molecule has 0 bridgehead atoms. The fourth-order valence-corrected chi connectivity index (χ4v) is 9.91. The van der Waals surface area contributed by atoms with E-state index in [9.17, 15) is 14.4 Å². The smallest absolute Gasteiger partial charge is 0.306 e. The molecule has 6 heteroatoms. The Bertz CT molecular complexity index is 1100. The van der Waals surface area contributed by atoms with E-state index >= 15 is 0 Å². The highest BCUT2D eigenvalue weighted by atomic mass is 16.6. The lowest BCUT2D eigenvalue weighted by atomic mass is 10.0. The third kappa shape index (κ3) is 58.9. The molecule has 0 aliphatic heterocycles. The molecule has 0 heterocycles. The second-order valence-corrected chi connectivity index (χ2v) is 22.0. The first-order chi connectivity index (χ1) is 35.0. The van der Waals surface area contributed by atoms with Gasteiger partial charge in [-0.25, -0.2) is 0 Å². The molecule has 0 aromatic carbocycles. The molecule has 0 fully saturated rings. The van der Waals surface area contributed by atoms with Crippen molar-refractivity contribution in [2.24, 2.45) is 0 Å². The zero-order valence-corrected chi connectivity index (χ0v) is 48.3. The number of esters is 3. The van der Waals surface area contributed by atoms with E-state index in [0.717, 1.165) is 64.2 Å². The van der Waals surface area contributed by atoms with Gasteiger partial charge in [-0.1, -0.05) is 315 Å². The second-order valence-electron chi connectivity index (χ2n) is 22.0. The van der Waals surface area contributed by atoms with Crippen LogP contribution in [0.2, 0.25) is 0 Å². The number of carbonyl (C=O) groups is 3. The molecule has 0 rings (SSSR count). The molecule has 71 heavy (non-hydrogen) atoms. The Morgan fingerprint density at radius 3 is 0.704 bits per heavy atom. The van der Waals surface area contributed by atoms with E-state index in [4.69, 9.17) is 14.2 Å². The molecule has 1 atom stereocenters. The quantitative estimate of drug-likeness (QED) is 0.0261. The van der Waals surface area contributed by atoms with Crippen LogP contribution in [0.4, 0.5) is 0 Å². The van der Waals surface area contributed by atoms with Crippen LogP contribution < -0.4 is 0 Å². The molecule has 420 valence electrons. The Labute approximate surface area is 443 Å². The summed E-state index contributed by atoms with van der Waals surface area (Å²) in [5.74, 6) is -0.843. The molecule has 0 unspecified atom stereocenters. The number of rotatable bonds is 60. The van der Waals surface area contributed by atoms with Crippen molar-refractivity contribution < 1.29 is 28.6 Å². The van der Waals surface area contributed by atoms with Crippen LogP contribution in [0.25, 0.3) is 0 Å². The third-order valence-corrected chi connectivity index (χ3v) is 14.8. The number of ether oxygens (including phenoxy) is 3. The SMILES string of the molecule is CCCCCCCC/C=C\CCCCCCCC(=O)OC[C@H](COC(=O)CCCCCCCCCCCCCCCCCCCCCCC)OC(=O)CCCCCCCCCCCCCCCCCCC. The van der Waals surface area contributed by atoms with Gasteiger partial charge in [-0.15, -0.1) is 0 Å². The Kier molecular flexibility index (Phi) is 59.1. The number of hydrogen-bond acceptors (Lipinski definition) is 6. The van der Waals surface area contributed by atoms with Gasteiger partial charge in [-0.2, -0.15) is 0 Å². The molecular weight excluding hydrogens is 877 g/mol. The fraction of sp³-hybridized carbons (Fsp3) is 0.923. The van der Waals surface area contributed by atoms with Gasteiger partial charge in [0.05, 0.1) is 0 Å². The van der Waals surface area contributed by atoms with Crippen molar-refractivity contribution >= 4 is 17.9 Å². The average Bonchev–Trinajstić information content (AvgIpc) is 3.37. The molecule has 0 aliphatic carbocycles. The first kappa shape index (κ1) is 69.2. The van der Waals surface area contributed by atoms with Crippen LogP contribution in [0.15, 0.2) is 12.2 Å². The third-order valence-electron chi connectivity index (χ3n) is 14.8. The summed E-state index contributed by atoms with van der Waals surface area (Å²) < 4.78 is 16.9. The van der Waals surface area contributed by atoms with Gasteiger partial charge < -0.3 is 14.2 Å².